The standard InChI is InChI=1S/C23H27N3O4S/c1-24-23(28)21-18-13-17(15-9-10-15)20(26(11-12-27)31(3,29)30)14-19(18)25(2)22(21)16-7-5-4-6-8-16/h4-8,13-15,27H,9-12H2,1-3H3,(H,24,28). The Bertz CT molecular complexity index is 1250. The highest BCUT2D eigenvalue weighted by molar-refractivity contribution is 7.92. The molecule has 3 aromatic rings. The average molecular weight is 442 g/mol. The second-order valence-electron chi connectivity index (χ2n) is 7.99. The van der Waals surface area contributed by atoms with Crippen LogP contribution in [0.5, 0.6) is 0 Å². The minimum atomic E-state index is -3.58. The second-order valence-corrected chi connectivity index (χ2v) is 9.90. The summed E-state index contributed by atoms with van der Waals surface area (Å²) in [6, 6.07) is 13.5. The molecule has 1 amide bonds. The molecule has 2 aromatic carbocycles. The number of amides is 1. The number of sulfonamides is 1. The number of fused-ring (bicyclic) bond motifs is 1. The summed E-state index contributed by atoms with van der Waals surface area (Å²) in [7, 11) is -0.0882. The van der Waals surface area contributed by atoms with Crippen molar-refractivity contribution in [1.29, 1.82) is 0 Å². The number of nitrogens with zero attached hydrogens (tertiary/aromatic N) is 2. The van der Waals surface area contributed by atoms with Crippen molar-refractivity contribution >= 4 is 32.5 Å². The predicted molar refractivity (Wildman–Crippen MR) is 123 cm³/mol. The Hall–Kier alpha value is -2.84. The van der Waals surface area contributed by atoms with E-state index in [1.54, 1.807) is 7.05 Å². The van der Waals surface area contributed by atoms with Crippen molar-refractivity contribution in [2.75, 3.05) is 30.8 Å². The van der Waals surface area contributed by atoms with Gasteiger partial charge < -0.3 is 15.0 Å². The zero-order chi connectivity index (χ0) is 22.3. The van der Waals surface area contributed by atoms with E-state index in [0.29, 0.717) is 11.3 Å². The third kappa shape index (κ3) is 3.81. The highest BCUT2D eigenvalue weighted by Gasteiger charge is 2.32. The van der Waals surface area contributed by atoms with Crippen molar-refractivity contribution in [2.45, 2.75) is 18.8 Å². The van der Waals surface area contributed by atoms with Crippen LogP contribution in [0.1, 0.15) is 34.7 Å². The van der Waals surface area contributed by atoms with E-state index in [9.17, 15) is 18.3 Å². The fraction of sp³-hybridized carbons (Fsp3) is 0.348. The lowest BCUT2D eigenvalue weighted by Gasteiger charge is -2.24. The molecule has 0 radical (unpaired) electrons. The normalized spacial score (nSPS) is 14.1. The summed E-state index contributed by atoms with van der Waals surface area (Å²) in [5.74, 6) is 0.0644. The molecule has 0 aliphatic heterocycles. The van der Waals surface area contributed by atoms with Crippen LogP contribution >= 0.6 is 0 Å². The quantitative estimate of drug-likeness (QED) is 0.590. The van der Waals surface area contributed by atoms with Gasteiger partial charge in [-0.15, -0.1) is 0 Å². The van der Waals surface area contributed by atoms with E-state index in [-0.39, 0.29) is 25.0 Å². The zero-order valence-electron chi connectivity index (χ0n) is 17.9. The van der Waals surface area contributed by atoms with E-state index in [4.69, 9.17) is 0 Å². The molecule has 1 aliphatic rings. The van der Waals surface area contributed by atoms with Crippen molar-refractivity contribution in [3.63, 3.8) is 0 Å². The van der Waals surface area contributed by atoms with Gasteiger partial charge in [-0.2, -0.15) is 0 Å². The molecule has 0 atom stereocenters. The highest BCUT2D eigenvalue weighted by atomic mass is 32.2. The fourth-order valence-electron chi connectivity index (χ4n) is 4.27. The summed E-state index contributed by atoms with van der Waals surface area (Å²) >= 11 is 0. The number of benzene rings is 2. The molecule has 1 aromatic heterocycles. The number of aliphatic hydroxyl groups excluding tert-OH is 1. The van der Waals surface area contributed by atoms with Gasteiger partial charge in [-0.05, 0) is 42.0 Å². The van der Waals surface area contributed by atoms with Gasteiger partial charge in [0.15, 0.2) is 0 Å². The van der Waals surface area contributed by atoms with Crippen LogP contribution in [0.15, 0.2) is 42.5 Å². The van der Waals surface area contributed by atoms with Gasteiger partial charge in [-0.3, -0.25) is 9.10 Å². The number of aryl methyl sites for hydroxylation is 1. The molecule has 1 fully saturated rings. The van der Waals surface area contributed by atoms with Crippen LogP contribution in [-0.2, 0) is 17.1 Å². The number of nitrogens with one attached hydrogen (secondary N) is 1. The fourth-order valence-corrected chi connectivity index (χ4v) is 5.20. The average Bonchev–Trinajstić information content (AvgIpc) is 3.55. The van der Waals surface area contributed by atoms with Crippen molar-refractivity contribution in [3.05, 3.63) is 53.6 Å². The molecule has 2 N–H and O–H groups in total. The number of aliphatic hydroxyl groups is 1. The molecule has 0 spiro atoms. The molecule has 164 valence electrons. The van der Waals surface area contributed by atoms with Crippen LogP contribution in [0.3, 0.4) is 0 Å². The van der Waals surface area contributed by atoms with E-state index in [1.165, 1.54) is 4.31 Å². The third-order valence-electron chi connectivity index (χ3n) is 5.84. The highest BCUT2D eigenvalue weighted by Crippen LogP contribution is 2.47. The maximum Gasteiger partial charge on any atom is 0.253 e. The van der Waals surface area contributed by atoms with E-state index < -0.39 is 10.0 Å². The summed E-state index contributed by atoms with van der Waals surface area (Å²) < 4.78 is 28.3. The van der Waals surface area contributed by atoms with E-state index in [0.717, 1.165) is 46.8 Å². The van der Waals surface area contributed by atoms with Gasteiger partial charge in [0, 0.05) is 19.5 Å². The van der Waals surface area contributed by atoms with E-state index in [2.05, 4.69) is 5.32 Å². The minimum absolute atomic E-state index is 0.0116. The van der Waals surface area contributed by atoms with Crippen molar-refractivity contribution in [1.82, 2.24) is 9.88 Å². The SMILES string of the molecule is CNC(=O)c1c(-c2ccccc2)n(C)c2cc(N(CCO)S(C)(=O)=O)c(C3CC3)cc12. The zero-order valence-corrected chi connectivity index (χ0v) is 18.7. The van der Waals surface area contributed by atoms with E-state index >= 15 is 0 Å². The van der Waals surface area contributed by atoms with Gasteiger partial charge in [0.05, 0.1) is 41.9 Å². The lowest BCUT2D eigenvalue weighted by Crippen LogP contribution is -2.33. The van der Waals surface area contributed by atoms with Gasteiger partial charge in [0.1, 0.15) is 0 Å². The second kappa shape index (κ2) is 8.01. The van der Waals surface area contributed by atoms with Gasteiger partial charge >= 0.3 is 0 Å². The van der Waals surface area contributed by atoms with Gasteiger partial charge in [0.25, 0.3) is 5.91 Å². The minimum Gasteiger partial charge on any atom is -0.394 e. The number of aromatic nitrogens is 1. The van der Waals surface area contributed by atoms with Gasteiger partial charge in [-0.1, -0.05) is 30.3 Å². The topological polar surface area (TPSA) is 91.6 Å². The van der Waals surface area contributed by atoms with Crippen molar-refractivity contribution in [3.8, 4) is 11.3 Å². The Balaban J connectivity index is 2.07. The number of hydrogen-bond acceptors (Lipinski definition) is 4. The summed E-state index contributed by atoms with van der Waals surface area (Å²) in [5, 5.41) is 13.1. The molecule has 1 saturated carbocycles. The largest absolute Gasteiger partial charge is 0.394 e. The van der Waals surface area contributed by atoms with Crippen LogP contribution in [0.2, 0.25) is 0 Å². The summed E-state index contributed by atoms with van der Waals surface area (Å²) in [6.07, 6.45) is 3.10. The van der Waals surface area contributed by atoms with Crippen molar-refractivity contribution < 1.29 is 18.3 Å². The van der Waals surface area contributed by atoms with Crippen LogP contribution in [0.25, 0.3) is 22.2 Å². The number of rotatable bonds is 7. The molecule has 4 rings (SSSR count). The Kier molecular flexibility index (Phi) is 5.53. The Morgan fingerprint density at radius 1 is 1.23 bits per heavy atom. The summed E-state index contributed by atoms with van der Waals surface area (Å²) in [4.78, 5) is 12.9. The lowest BCUT2D eigenvalue weighted by molar-refractivity contribution is 0.0965. The Morgan fingerprint density at radius 2 is 1.90 bits per heavy atom. The number of anilines is 1. The Morgan fingerprint density at radius 3 is 2.45 bits per heavy atom. The monoisotopic (exact) mass is 441 g/mol. The first-order valence-electron chi connectivity index (χ1n) is 10.3. The van der Waals surface area contributed by atoms with Gasteiger partial charge in [-0.25, -0.2) is 8.42 Å². The van der Waals surface area contributed by atoms with Crippen LogP contribution < -0.4 is 9.62 Å². The van der Waals surface area contributed by atoms with Crippen LogP contribution in [0.4, 0.5) is 5.69 Å². The molecule has 31 heavy (non-hydrogen) atoms. The first-order chi connectivity index (χ1) is 14.8. The molecule has 7 nitrogen and oxygen atoms in total. The summed E-state index contributed by atoms with van der Waals surface area (Å²) in [6.45, 7) is -0.288. The van der Waals surface area contributed by atoms with Crippen LogP contribution in [-0.4, -0.2) is 50.5 Å². The molecule has 0 unspecified atom stereocenters. The molecule has 0 bridgehead atoms. The lowest BCUT2D eigenvalue weighted by atomic mass is 10.0. The number of hydrogen-bond donors (Lipinski definition) is 2. The molecule has 1 heterocycles. The van der Waals surface area contributed by atoms with Crippen molar-refractivity contribution in [2.24, 2.45) is 7.05 Å². The first kappa shape index (κ1) is 21.4. The number of carbonyl (C=O) groups excluding carboxylic acids is 1. The predicted octanol–water partition coefficient (Wildman–Crippen LogP) is 2.84. The molecular formula is C23H27N3O4S. The molecule has 0 saturated heterocycles. The Labute approximate surface area is 182 Å². The van der Waals surface area contributed by atoms with Crippen LogP contribution in [0, 0.1) is 0 Å². The molecule has 1 aliphatic carbocycles. The maximum atomic E-state index is 12.9. The summed E-state index contributed by atoms with van der Waals surface area (Å²) in [5.41, 5.74) is 4.51. The molecular weight excluding hydrogens is 414 g/mol. The smallest absolute Gasteiger partial charge is 0.253 e. The van der Waals surface area contributed by atoms with Gasteiger partial charge in [0.2, 0.25) is 10.0 Å². The third-order valence-corrected chi connectivity index (χ3v) is 7.02. The molecule has 8 heteroatoms. The number of carbonyl (C=O) groups is 1. The first-order valence-corrected chi connectivity index (χ1v) is 12.1. The maximum absolute atomic E-state index is 12.9. The van der Waals surface area contributed by atoms with E-state index in [1.807, 2.05) is 54.1 Å².